The first kappa shape index (κ1) is 12.0. The molecule has 1 N–H and O–H groups in total. The molecule has 0 amide bonds. The second-order valence-corrected chi connectivity index (χ2v) is 4.57. The van der Waals surface area contributed by atoms with Gasteiger partial charge in [-0.05, 0) is 48.4 Å². The molecule has 0 heterocycles. The van der Waals surface area contributed by atoms with E-state index in [1.807, 2.05) is 37.3 Å². The van der Waals surface area contributed by atoms with Gasteiger partial charge >= 0.3 is 0 Å². The molecule has 2 nitrogen and oxygen atoms in total. The van der Waals surface area contributed by atoms with Crippen molar-refractivity contribution in [3.05, 3.63) is 46.9 Å². The van der Waals surface area contributed by atoms with E-state index in [2.05, 4.69) is 15.9 Å². The zero-order chi connectivity index (χ0) is 12.3. The van der Waals surface area contributed by atoms with Gasteiger partial charge < -0.3 is 9.84 Å². The lowest BCUT2D eigenvalue weighted by Gasteiger charge is -2.07. The van der Waals surface area contributed by atoms with E-state index in [1.165, 1.54) is 0 Å². The van der Waals surface area contributed by atoms with Crippen molar-refractivity contribution in [1.82, 2.24) is 0 Å². The first-order chi connectivity index (χ1) is 8.19. The zero-order valence-electron chi connectivity index (χ0n) is 9.48. The monoisotopic (exact) mass is 292 g/mol. The van der Waals surface area contributed by atoms with Crippen molar-refractivity contribution in [2.45, 2.75) is 6.92 Å². The fourth-order valence-electron chi connectivity index (χ4n) is 1.67. The summed E-state index contributed by atoms with van der Waals surface area (Å²) in [6.45, 7) is 2.60. The molecule has 0 radical (unpaired) electrons. The smallest absolute Gasteiger partial charge is 0.119 e. The topological polar surface area (TPSA) is 29.5 Å². The Morgan fingerprint density at radius 2 is 1.94 bits per heavy atom. The third kappa shape index (κ3) is 3.01. The van der Waals surface area contributed by atoms with Gasteiger partial charge in [-0.2, -0.15) is 0 Å². The lowest BCUT2D eigenvalue weighted by Crippen LogP contribution is -1.91. The Kier molecular flexibility index (Phi) is 3.69. The van der Waals surface area contributed by atoms with Crippen LogP contribution >= 0.6 is 15.9 Å². The maximum Gasteiger partial charge on any atom is 0.119 e. The van der Waals surface area contributed by atoms with Crippen molar-refractivity contribution < 1.29 is 9.84 Å². The molecular weight excluding hydrogens is 280 g/mol. The molecule has 0 saturated carbocycles. The van der Waals surface area contributed by atoms with Gasteiger partial charge in [-0.1, -0.05) is 28.1 Å². The van der Waals surface area contributed by atoms with Crippen molar-refractivity contribution in [2.75, 3.05) is 6.61 Å². The van der Waals surface area contributed by atoms with Gasteiger partial charge in [0, 0.05) is 4.47 Å². The summed E-state index contributed by atoms with van der Waals surface area (Å²) >= 11 is 3.37. The molecular formula is C14H13BrO2. The molecule has 0 aliphatic heterocycles. The van der Waals surface area contributed by atoms with Crippen LogP contribution in [0, 0.1) is 0 Å². The minimum atomic E-state index is 0.246. The van der Waals surface area contributed by atoms with Gasteiger partial charge in [-0.15, -0.1) is 0 Å². The SMILES string of the molecule is CCOc1cccc(-c2cc(O)cc(Br)c2)c1. The number of hydrogen-bond donors (Lipinski definition) is 1. The normalized spacial score (nSPS) is 10.2. The van der Waals surface area contributed by atoms with E-state index in [9.17, 15) is 5.11 Å². The molecule has 0 aromatic heterocycles. The molecule has 17 heavy (non-hydrogen) atoms. The van der Waals surface area contributed by atoms with E-state index in [0.717, 1.165) is 21.3 Å². The number of phenolic OH excluding ortho intramolecular Hbond substituents is 1. The Morgan fingerprint density at radius 1 is 1.12 bits per heavy atom. The van der Waals surface area contributed by atoms with E-state index in [4.69, 9.17) is 4.74 Å². The molecule has 0 unspecified atom stereocenters. The summed E-state index contributed by atoms with van der Waals surface area (Å²) in [5.74, 6) is 1.08. The lowest BCUT2D eigenvalue weighted by atomic mass is 10.1. The van der Waals surface area contributed by atoms with Crippen molar-refractivity contribution in [1.29, 1.82) is 0 Å². The highest BCUT2D eigenvalue weighted by atomic mass is 79.9. The Morgan fingerprint density at radius 3 is 2.65 bits per heavy atom. The Balaban J connectivity index is 2.41. The highest BCUT2D eigenvalue weighted by Gasteiger charge is 2.03. The van der Waals surface area contributed by atoms with Crippen molar-refractivity contribution >= 4 is 15.9 Å². The number of halogens is 1. The van der Waals surface area contributed by atoms with Gasteiger partial charge in [-0.3, -0.25) is 0 Å². The third-order valence-electron chi connectivity index (χ3n) is 2.36. The number of benzene rings is 2. The maximum atomic E-state index is 9.57. The van der Waals surface area contributed by atoms with Crippen molar-refractivity contribution in [2.24, 2.45) is 0 Å². The third-order valence-corrected chi connectivity index (χ3v) is 2.82. The number of rotatable bonds is 3. The van der Waals surface area contributed by atoms with Crippen LogP contribution in [0.1, 0.15) is 6.92 Å². The first-order valence-electron chi connectivity index (χ1n) is 5.42. The summed E-state index contributed by atoms with van der Waals surface area (Å²) in [7, 11) is 0. The minimum absolute atomic E-state index is 0.246. The average molecular weight is 293 g/mol. The molecule has 0 spiro atoms. The lowest BCUT2D eigenvalue weighted by molar-refractivity contribution is 0.340. The van der Waals surface area contributed by atoms with Crippen LogP contribution in [0.2, 0.25) is 0 Å². The molecule has 0 fully saturated rings. The summed E-state index contributed by atoms with van der Waals surface area (Å²) in [6.07, 6.45) is 0. The van der Waals surface area contributed by atoms with Crippen LogP contribution in [0.5, 0.6) is 11.5 Å². The van der Waals surface area contributed by atoms with E-state index in [1.54, 1.807) is 12.1 Å². The molecule has 2 aromatic rings. The zero-order valence-corrected chi connectivity index (χ0v) is 11.1. The van der Waals surface area contributed by atoms with Crippen LogP contribution in [0.4, 0.5) is 0 Å². The van der Waals surface area contributed by atoms with Gasteiger partial charge in [-0.25, -0.2) is 0 Å². The summed E-state index contributed by atoms with van der Waals surface area (Å²) in [5.41, 5.74) is 1.98. The van der Waals surface area contributed by atoms with Crippen LogP contribution in [-0.4, -0.2) is 11.7 Å². The summed E-state index contributed by atoms with van der Waals surface area (Å²) in [5, 5.41) is 9.57. The fraction of sp³-hybridized carbons (Fsp3) is 0.143. The van der Waals surface area contributed by atoms with E-state index in [0.29, 0.717) is 6.61 Å². The Hall–Kier alpha value is -1.48. The predicted octanol–water partition coefficient (Wildman–Crippen LogP) is 4.22. The molecule has 88 valence electrons. The van der Waals surface area contributed by atoms with Crippen LogP contribution in [0.3, 0.4) is 0 Å². The quantitative estimate of drug-likeness (QED) is 0.918. The second-order valence-electron chi connectivity index (χ2n) is 3.66. The standard InChI is InChI=1S/C14H13BrO2/c1-2-17-14-5-3-4-10(8-14)11-6-12(15)9-13(16)7-11/h3-9,16H,2H2,1H3. The number of ether oxygens (including phenoxy) is 1. The molecule has 2 rings (SSSR count). The average Bonchev–Trinajstić information content (AvgIpc) is 2.28. The molecule has 2 aromatic carbocycles. The van der Waals surface area contributed by atoms with Gasteiger partial charge in [0.25, 0.3) is 0 Å². The Labute approximate surface area is 109 Å². The van der Waals surface area contributed by atoms with Crippen LogP contribution in [-0.2, 0) is 0 Å². The van der Waals surface area contributed by atoms with Crippen LogP contribution < -0.4 is 4.74 Å². The molecule has 0 saturated heterocycles. The summed E-state index contributed by atoms with van der Waals surface area (Å²) < 4.78 is 6.31. The van der Waals surface area contributed by atoms with E-state index in [-0.39, 0.29) is 5.75 Å². The number of aromatic hydroxyl groups is 1. The molecule has 0 aliphatic carbocycles. The van der Waals surface area contributed by atoms with E-state index >= 15 is 0 Å². The molecule has 3 heteroatoms. The first-order valence-corrected chi connectivity index (χ1v) is 6.21. The van der Waals surface area contributed by atoms with Crippen molar-refractivity contribution in [3.8, 4) is 22.6 Å². The van der Waals surface area contributed by atoms with Crippen molar-refractivity contribution in [3.63, 3.8) is 0 Å². The Bertz CT molecular complexity index is 503. The fourth-order valence-corrected chi connectivity index (χ4v) is 2.15. The largest absolute Gasteiger partial charge is 0.508 e. The molecule has 0 aliphatic rings. The summed E-state index contributed by atoms with van der Waals surface area (Å²) in [4.78, 5) is 0. The van der Waals surface area contributed by atoms with Gasteiger partial charge in [0.15, 0.2) is 0 Å². The number of phenols is 1. The van der Waals surface area contributed by atoms with Gasteiger partial charge in [0.05, 0.1) is 6.61 Å². The van der Waals surface area contributed by atoms with Crippen LogP contribution in [0.25, 0.3) is 11.1 Å². The predicted molar refractivity (Wildman–Crippen MR) is 72.4 cm³/mol. The highest BCUT2D eigenvalue weighted by Crippen LogP contribution is 2.29. The molecule has 0 atom stereocenters. The second kappa shape index (κ2) is 5.23. The van der Waals surface area contributed by atoms with Gasteiger partial charge in [0.2, 0.25) is 0 Å². The number of hydrogen-bond acceptors (Lipinski definition) is 2. The molecule has 0 bridgehead atoms. The van der Waals surface area contributed by atoms with E-state index < -0.39 is 0 Å². The minimum Gasteiger partial charge on any atom is -0.508 e. The summed E-state index contributed by atoms with van der Waals surface area (Å²) in [6, 6.07) is 13.2. The van der Waals surface area contributed by atoms with Gasteiger partial charge in [0.1, 0.15) is 11.5 Å². The van der Waals surface area contributed by atoms with Crippen LogP contribution in [0.15, 0.2) is 46.9 Å². The maximum absolute atomic E-state index is 9.57. The highest BCUT2D eigenvalue weighted by molar-refractivity contribution is 9.10.